The van der Waals surface area contributed by atoms with Crippen molar-refractivity contribution in [1.82, 2.24) is 0 Å². The Morgan fingerprint density at radius 2 is 2.27 bits per heavy atom. The lowest BCUT2D eigenvalue weighted by Gasteiger charge is -2.06. The van der Waals surface area contributed by atoms with Gasteiger partial charge in [-0.15, -0.1) is 0 Å². The van der Waals surface area contributed by atoms with Crippen molar-refractivity contribution in [3.05, 3.63) is 28.0 Å². The zero-order valence-electron chi connectivity index (χ0n) is 8.22. The van der Waals surface area contributed by atoms with E-state index in [9.17, 15) is 9.18 Å². The lowest BCUT2D eigenvalue weighted by atomic mass is 10.1. The molecule has 0 bridgehead atoms. The number of fused-ring (bicyclic) bond motifs is 1. The summed E-state index contributed by atoms with van der Waals surface area (Å²) in [6.07, 6.45) is 0.964. The quantitative estimate of drug-likeness (QED) is 0.826. The molecule has 80 valence electrons. The predicted molar refractivity (Wildman–Crippen MR) is 57.8 cm³/mol. The number of rotatable bonds is 2. The van der Waals surface area contributed by atoms with Gasteiger partial charge >= 0.3 is 0 Å². The molecule has 1 aromatic carbocycles. The van der Waals surface area contributed by atoms with Crippen LogP contribution in [0.25, 0.3) is 0 Å². The second-order valence-electron chi connectivity index (χ2n) is 3.52. The Morgan fingerprint density at radius 1 is 1.53 bits per heavy atom. The van der Waals surface area contributed by atoms with Crippen molar-refractivity contribution in [2.45, 2.75) is 25.9 Å². The summed E-state index contributed by atoms with van der Waals surface area (Å²) < 4.78 is 19.3. The highest BCUT2D eigenvalue weighted by atomic mass is 79.9. The monoisotopic (exact) mass is 272 g/mol. The van der Waals surface area contributed by atoms with Crippen LogP contribution >= 0.6 is 15.9 Å². The maximum atomic E-state index is 13.4. The van der Waals surface area contributed by atoms with Gasteiger partial charge in [-0.1, -0.05) is 29.3 Å². The first-order valence-corrected chi connectivity index (χ1v) is 5.62. The molecule has 1 aliphatic heterocycles. The van der Waals surface area contributed by atoms with Crippen LogP contribution in [-0.4, -0.2) is 11.9 Å². The number of carbonyl (C=O) groups is 1. The van der Waals surface area contributed by atoms with Crippen molar-refractivity contribution < 1.29 is 13.9 Å². The SMILES string of the molecule is CCCC1Oc2c(F)cc(Br)cc2C1=O. The molecular weight excluding hydrogens is 263 g/mol. The Labute approximate surface area is 95.6 Å². The summed E-state index contributed by atoms with van der Waals surface area (Å²) >= 11 is 3.15. The van der Waals surface area contributed by atoms with Gasteiger partial charge in [0.2, 0.25) is 5.78 Å². The molecule has 0 amide bonds. The molecule has 1 aromatic rings. The van der Waals surface area contributed by atoms with Gasteiger partial charge in [-0.25, -0.2) is 4.39 Å². The Morgan fingerprint density at radius 3 is 2.93 bits per heavy atom. The maximum Gasteiger partial charge on any atom is 0.207 e. The van der Waals surface area contributed by atoms with Crippen LogP contribution in [0, 0.1) is 5.82 Å². The average Bonchev–Trinajstić information content (AvgIpc) is 2.47. The fraction of sp³-hybridized carbons (Fsp3) is 0.364. The van der Waals surface area contributed by atoms with Crippen LogP contribution < -0.4 is 4.74 Å². The smallest absolute Gasteiger partial charge is 0.207 e. The van der Waals surface area contributed by atoms with Gasteiger partial charge in [0, 0.05) is 4.47 Å². The van der Waals surface area contributed by atoms with Crippen LogP contribution in [0.1, 0.15) is 30.1 Å². The van der Waals surface area contributed by atoms with Crippen molar-refractivity contribution in [2.24, 2.45) is 0 Å². The fourth-order valence-electron chi connectivity index (χ4n) is 1.68. The Balaban J connectivity index is 2.41. The predicted octanol–water partition coefficient (Wildman–Crippen LogP) is 3.33. The van der Waals surface area contributed by atoms with Crippen LogP contribution in [0.5, 0.6) is 5.75 Å². The van der Waals surface area contributed by atoms with Gasteiger partial charge in [0.05, 0.1) is 5.56 Å². The summed E-state index contributed by atoms with van der Waals surface area (Å²) in [6.45, 7) is 1.96. The first kappa shape index (κ1) is 10.6. The molecule has 1 heterocycles. The number of ether oxygens (including phenoxy) is 1. The van der Waals surface area contributed by atoms with Crippen LogP contribution in [0.2, 0.25) is 0 Å². The molecule has 1 unspecified atom stereocenters. The second-order valence-corrected chi connectivity index (χ2v) is 4.44. The first-order valence-electron chi connectivity index (χ1n) is 4.83. The zero-order valence-corrected chi connectivity index (χ0v) is 9.80. The highest BCUT2D eigenvalue weighted by Crippen LogP contribution is 2.35. The molecule has 0 fully saturated rings. The molecule has 0 spiro atoms. The average molecular weight is 273 g/mol. The molecule has 0 radical (unpaired) electrons. The number of hydrogen-bond acceptors (Lipinski definition) is 2. The number of ketones is 1. The van der Waals surface area contributed by atoms with E-state index in [1.54, 1.807) is 6.07 Å². The van der Waals surface area contributed by atoms with Gasteiger partial charge in [0.25, 0.3) is 0 Å². The largest absolute Gasteiger partial charge is 0.478 e. The van der Waals surface area contributed by atoms with E-state index in [2.05, 4.69) is 15.9 Å². The third-order valence-electron chi connectivity index (χ3n) is 2.38. The summed E-state index contributed by atoms with van der Waals surface area (Å²) in [6, 6.07) is 2.91. The lowest BCUT2D eigenvalue weighted by Crippen LogP contribution is -2.19. The van der Waals surface area contributed by atoms with Gasteiger partial charge in [-0.3, -0.25) is 4.79 Å². The molecule has 1 atom stereocenters. The van der Waals surface area contributed by atoms with Crippen LogP contribution in [0.15, 0.2) is 16.6 Å². The van der Waals surface area contributed by atoms with Gasteiger partial charge in [-0.05, 0) is 18.6 Å². The highest BCUT2D eigenvalue weighted by molar-refractivity contribution is 9.10. The van der Waals surface area contributed by atoms with Crippen LogP contribution in [0.3, 0.4) is 0 Å². The van der Waals surface area contributed by atoms with Gasteiger partial charge < -0.3 is 4.74 Å². The minimum atomic E-state index is -0.506. The maximum absolute atomic E-state index is 13.4. The molecule has 0 aromatic heterocycles. The van der Waals surface area contributed by atoms with E-state index < -0.39 is 11.9 Å². The molecule has 0 N–H and O–H groups in total. The molecule has 0 saturated heterocycles. The van der Waals surface area contributed by atoms with E-state index in [1.165, 1.54) is 6.07 Å². The number of Topliss-reactive ketones (excluding diaryl/α,β-unsaturated/α-hetero) is 1. The minimum Gasteiger partial charge on any atom is -0.478 e. The third-order valence-corrected chi connectivity index (χ3v) is 2.84. The van der Waals surface area contributed by atoms with Crippen molar-refractivity contribution in [1.29, 1.82) is 0 Å². The molecule has 2 rings (SSSR count). The van der Waals surface area contributed by atoms with Gasteiger partial charge in [0.15, 0.2) is 17.7 Å². The lowest BCUT2D eigenvalue weighted by molar-refractivity contribution is 0.0842. The van der Waals surface area contributed by atoms with E-state index in [1.807, 2.05) is 6.92 Å². The minimum absolute atomic E-state index is 0.0988. The number of carbonyl (C=O) groups excluding carboxylic acids is 1. The third kappa shape index (κ3) is 1.78. The Kier molecular flexibility index (Phi) is 2.78. The summed E-state index contributed by atoms with van der Waals surface area (Å²) in [5.41, 5.74) is 0.348. The van der Waals surface area contributed by atoms with Crippen molar-refractivity contribution >= 4 is 21.7 Å². The second kappa shape index (κ2) is 3.93. The number of benzene rings is 1. The van der Waals surface area contributed by atoms with E-state index in [0.29, 0.717) is 16.5 Å². The topological polar surface area (TPSA) is 26.3 Å². The molecule has 15 heavy (non-hydrogen) atoms. The summed E-state index contributed by atoms with van der Waals surface area (Å²) in [5.74, 6) is -0.500. The molecule has 0 aliphatic carbocycles. The standard InChI is InChI=1S/C11H10BrFO2/c1-2-3-9-10(14)7-4-6(12)5-8(13)11(7)15-9/h4-5,9H,2-3H2,1H3. The van der Waals surface area contributed by atoms with Crippen molar-refractivity contribution in [3.63, 3.8) is 0 Å². The van der Waals surface area contributed by atoms with Crippen LogP contribution in [-0.2, 0) is 0 Å². The van der Waals surface area contributed by atoms with E-state index in [4.69, 9.17) is 4.74 Å². The molecule has 1 aliphatic rings. The summed E-state index contributed by atoms with van der Waals surface area (Å²) in [4.78, 5) is 11.8. The van der Waals surface area contributed by atoms with Gasteiger partial charge in [0.1, 0.15) is 0 Å². The molecule has 2 nitrogen and oxygen atoms in total. The Bertz CT molecular complexity index is 417. The Hall–Kier alpha value is -0.900. The van der Waals surface area contributed by atoms with Gasteiger partial charge in [-0.2, -0.15) is 0 Å². The van der Waals surface area contributed by atoms with Crippen molar-refractivity contribution in [3.8, 4) is 5.75 Å². The van der Waals surface area contributed by atoms with Crippen LogP contribution in [0.4, 0.5) is 4.39 Å². The number of hydrogen-bond donors (Lipinski definition) is 0. The molecule has 4 heteroatoms. The zero-order chi connectivity index (χ0) is 11.0. The van der Waals surface area contributed by atoms with E-state index in [0.717, 1.165) is 6.42 Å². The summed E-state index contributed by atoms with van der Waals surface area (Å²) in [7, 11) is 0. The first-order chi connectivity index (χ1) is 7.13. The highest BCUT2D eigenvalue weighted by Gasteiger charge is 2.34. The fourth-order valence-corrected chi connectivity index (χ4v) is 2.11. The normalized spacial score (nSPS) is 18.9. The summed E-state index contributed by atoms with van der Waals surface area (Å²) in [5, 5.41) is 0. The van der Waals surface area contributed by atoms with E-state index >= 15 is 0 Å². The number of halogens is 2. The van der Waals surface area contributed by atoms with E-state index in [-0.39, 0.29) is 11.5 Å². The van der Waals surface area contributed by atoms with Crippen molar-refractivity contribution in [2.75, 3.05) is 0 Å². The molecular formula is C11H10BrFO2. The molecule has 0 saturated carbocycles.